The average Bonchev–Trinajstić information content (AvgIpc) is 3.22. The molecule has 1 aromatic heterocycles. The predicted molar refractivity (Wildman–Crippen MR) is 105 cm³/mol. The average molecular weight is 420 g/mol. The molecule has 3 rings (SSSR count). The van der Waals surface area contributed by atoms with Gasteiger partial charge in [-0.1, -0.05) is 6.07 Å². The number of hydrogen-bond acceptors (Lipinski definition) is 7. The summed E-state index contributed by atoms with van der Waals surface area (Å²) >= 11 is 0. The van der Waals surface area contributed by atoms with Crippen LogP contribution < -0.4 is 10.0 Å². The number of aliphatic imine (C=N–C) groups is 1. The molecular formula is C17H20N6O5S. The molecule has 2 aromatic rings. The van der Waals surface area contributed by atoms with Gasteiger partial charge >= 0.3 is 5.69 Å². The standard InChI is InChI=1S/C17H20N6O5S/c1-11-17(23(25)26)12(2)22(20-11)10-16(24)19-13-5-3-6-14(9-13)29(27,28)21-15-7-4-8-18-15/h3,5-6,9H,4,7-8,10H2,1-2H3,(H,18,21)(H,19,24). The highest BCUT2D eigenvalue weighted by molar-refractivity contribution is 7.90. The minimum absolute atomic E-state index is 0.00773. The quantitative estimate of drug-likeness (QED) is 0.534. The van der Waals surface area contributed by atoms with Crippen molar-refractivity contribution >= 4 is 33.1 Å². The molecule has 0 atom stereocenters. The van der Waals surface area contributed by atoms with E-state index in [1.54, 1.807) is 6.07 Å². The number of aromatic nitrogens is 2. The highest BCUT2D eigenvalue weighted by Crippen LogP contribution is 2.22. The van der Waals surface area contributed by atoms with Crippen LogP contribution in [0, 0.1) is 24.0 Å². The fourth-order valence-corrected chi connectivity index (χ4v) is 4.15. The molecule has 1 aliphatic heterocycles. The molecule has 0 spiro atoms. The van der Waals surface area contributed by atoms with Crippen LogP contribution in [0.3, 0.4) is 0 Å². The minimum Gasteiger partial charge on any atom is -0.324 e. The van der Waals surface area contributed by atoms with Crippen molar-refractivity contribution in [1.29, 1.82) is 0 Å². The molecule has 2 heterocycles. The summed E-state index contributed by atoms with van der Waals surface area (Å²) in [4.78, 5) is 27.0. The summed E-state index contributed by atoms with van der Waals surface area (Å²) in [5.41, 5.74) is 0.629. The van der Waals surface area contributed by atoms with Gasteiger partial charge in [0.15, 0.2) is 0 Å². The molecule has 12 heteroatoms. The van der Waals surface area contributed by atoms with Crippen molar-refractivity contribution in [1.82, 2.24) is 14.5 Å². The Kier molecular flexibility index (Phi) is 5.64. The Morgan fingerprint density at radius 3 is 2.72 bits per heavy atom. The molecule has 2 N–H and O–H groups in total. The molecule has 29 heavy (non-hydrogen) atoms. The van der Waals surface area contributed by atoms with Crippen LogP contribution in [0.4, 0.5) is 11.4 Å². The van der Waals surface area contributed by atoms with E-state index in [0.717, 1.165) is 6.42 Å². The van der Waals surface area contributed by atoms with Crippen molar-refractivity contribution in [3.8, 4) is 0 Å². The number of carbonyl (C=O) groups is 1. The number of amidine groups is 1. The highest BCUT2D eigenvalue weighted by atomic mass is 32.2. The second-order valence-electron chi connectivity index (χ2n) is 6.55. The lowest BCUT2D eigenvalue weighted by atomic mass is 10.3. The van der Waals surface area contributed by atoms with E-state index < -0.39 is 20.9 Å². The molecule has 1 aromatic carbocycles. The molecule has 0 radical (unpaired) electrons. The predicted octanol–water partition coefficient (Wildman–Crippen LogP) is 1.52. The zero-order chi connectivity index (χ0) is 21.2. The van der Waals surface area contributed by atoms with Gasteiger partial charge in [-0.25, -0.2) is 8.42 Å². The highest BCUT2D eigenvalue weighted by Gasteiger charge is 2.23. The maximum absolute atomic E-state index is 12.5. The number of amides is 1. The molecule has 1 amide bonds. The fraction of sp³-hybridized carbons (Fsp3) is 0.353. The smallest absolute Gasteiger partial charge is 0.312 e. The monoisotopic (exact) mass is 420 g/mol. The lowest BCUT2D eigenvalue weighted by molar-refractivity contribution is -0.386. The Hall–Kier alpha value is -3.28. The number of rotatable bonds is 6. The summed E-state index contributed by atoms with van der Waals surface area (Å²) < 4.78 is 28.7. The van der Waals surface area contributed by atoms with Crippen LogP contribution in [0.5, 0.6) is 0 Å². The first kappa shape index (κ1) is 20.5. The molecule has 0 saturated heterocycles. The topological polar surface area (TPSA) is 149 Å². The van der Waals surface area contributed by atoms with Gasteiger partial charge in [0.2, 0.25) is 5.91 Å². The number of anilines is 1. The first-order valence-electron chi connectivity index (χ1n) is 8.82. The number of nitro groups is 1. The Bertz CT molecular complexity index is 1110. The molecule has 0 aliphatic carbocycles. The molecule has 0 saturated carbocycles. The van der Waals surface area contributed by atoms with Crippen LogP contribution in [-0.4, -0.2) is 41.4 Å². The zero-order valence-electron chi connectivity index (χ0n) is 15.9. The second kappa shape index (κ2) is 7.99. The number of carbonyl (C=O) groups excluding carboxylic acids is 1. The molecular weight excluding hydrogens is 400 g/mol. The van der Waals surface area contributed by atoms with Gasteiger partial charge in [0, 0.05) is 18.7 Å². The van der Waals surface area contributed by atoms with E-state index in [1.807, 2.05) is 0 Å². The molecule has 11 nitrogen and oxygen atoms in total. The Labute approximate surface area is 167 Å². The van der Waals surface area contributed by atoms with Crippen molar-refractivity contribution < 1.29 is 18.1 Å². The van der Waals surface area contributed by atoms with Crippen LogP contribution in [0.1, 0.15) is 24.2 Å². The third-order valence-electron chi connectivity index (χ3n) is 4.37. The minimum atomic E-state index is -3.80. The summed E-state index contributed by atoms with van der Waals surface area (Å²) in [7, 11) is -3.80. The van der Waals surface area contributed by atoms with Gasteiger partial charge in [-0.05, 0) is 38.5 Å². The second-order valence-corrected chi connectivity index (χ2v) is 8.23. The molecule has 154 valence electrons. The number of aryl methyl sites for hydroxylation is 1. The van der Waals surface area contributed by atoms with Crippen LogP contribution in [0.15, 0.2) is 34.2 Å². The van der Waals surface area contributed by atoms with Crippen LogP contribution >= 0.6 is 0 Å². The fourth-order valence-electron chi connectivity index (χ4n) is 3.02. The van der Waals surface area contributed by atoms with E-state index in [4.69, 9.17) is 0 Å². The molecule has 0 fully saturated rings. The van der Waals surface area contributed by atoms with E-state index in [2.05, 4.69) is 20.1 Å². The number of hydrogen-bond donors (Lipinski definition) is 2. The first-order chi connectivity index (χ1) is 13.7. The van der Waals surface area contributed by atoms with Crippen molar-refractivity contribution in [3.63, 3.8) is 0 Å². The van der Waals surface area contributed by atoms with Gasteiger partial charge in [0.05, 0.1) is 9.82 Å². The van der Waals surface area contributed by atoms with Crippen molar-refractivity contribution in [3.05, 3.63) is 45.8 Å². The van der Waals surface area contributed by atoms with E-state index in [9.17, 15) is 23.3 Å². The lowest BCUT2D eigenvalue weighted by Gasteiger charge is -2.10. The van der Waals surface area contributed by atoms with E-state index >= 15 is 0 Å². The summed E-state index contributed by atoms with van der Waals surface area (Å²) in [5.74, 6) is -0.0706. The van der Waals surface area contributed by atoms with Gasteiger partial charge in [0.1, 0.15) is 23.8 Å². The Morgan fingerprint density at radius 2 is 2.10 bits per heavy atom. The Balaban J connectivity index is 1.72. The summed E-state index contributed by atoms with van der Waals surface area (Å²) in [6.07, 6.45) is 1.38. The maximum atomic E-state index is 12.5. The van der Waals surface area contributed by atoms with E-state index in [-0.39, 0.29) is 34.2 Å². The number of nitrogens with one attached hydrogen (secondary N) is 2. The maximum Gasteiger partial charge on any atom is 0.312 e. The zero-order valence-corrected chi connectivity index (χ0v) is 16.7. The van der Waals surface area contributed by atoms with E-state index in [0.29, 0.717) is 18.8 Å². The van der Waals surface area contributed by atoms with Gasteiger partial charge in [0.25, 0.3) is 10.0 Å². The molecule has 1 aliphatic rings. The van der Waals surface area contributed by atoms with Gasteiger partial charge < -0.3 is 5.32 Å². The third-order valence-corrected chi connectivity index (χ3v) is 5.75. The van der Waals surface area contributed by atoms with E-state index in [1.165, 1.54) is 36.7 Å². The summed E-state index contributed by atoms with van der Waals surface area (Å²) in [6, 6.07) is 5.81. The third kappa shape index (κ3) is 4.59. The largest absolute Gasteiger partial charge is 0.324 e. The lowest BCUT2D eigenvalue weighted by Crippen LogP contribution is -2.29. The van der Waals surface area contributed by atoms with Crippen molar-refractivity contribution in [2.45, 2.75) is 38.1 Å². The Morgan fingerprint density at radius 1 is 1.34 bits per heavy atom. The number of sulfonamides is 1. The normalized spacial score (nSPS) is 13.8. The summed E-state index contributed by atoms with van der Waals surface area (Å²) in [5, 5.41) is 17.7. The van der Waals surface area contributed by atoms with Crippen molar-refractivity contribution in [2.75, 3.05) is 11.9 Å². The number of benzene rings is 1. The van der Waals surface area contributed by atoms with Crippen molar-refractivity contribution in [2.24, 2.45) is 4.99 Å². The van der Waals surface area contributed by atoms with Crippen LogP contribution in [-0.2, 0) is 21.4 Å². The van der Waals surface area contributed by atoms with Crippen LogP contribution in [0.2, 0.25) is 0 Å². The van der Waals surface area contributed by atoms with Gasteiger partial charge in [-0.15, -0.1) is 0 Å². The summed E-state index contributed by atoms with van der Waals surface area (Å²) in [6.45, 7) is 3.36. The number of nitrogens with zero attached hydrogens (tertiary/aromatic N) is 4. The van der Waals surface area contributed by atoms with Crippen LogP contribution in [0.25, 0.3) is 0 Å². The first-order valence-corrected chi connectivity index (χ1v) is 10.3. The SMILES string of the molecule is Cc1nn(CC(=O)Nc2cccc(S(=O)(=O)NC3=NCCC3)c2)c(C)c1[N+](=O)[O-]. The van der Waals surface area contributed by atoms with Gasteiger partial charge in [-0.2, -0.15) is 5.10 Å². The van der Waals surface area contributed by atoms with Gasteiger partial charge in [-0.3, -0.25) is 29.3 Å². The molecule has 0 unspecified atom stereocenters. The molecule has 0 bridgehead atoms.